The lowest BCUT2D eigenvalue weighted by molar-refractivity contribution is 0.0437. The molecule has 4 nitrogen and oxygen atoms in total. The average molecular weight is 240 g/mol. The Hall–Kier alpha value is -0.730. The van der Waals surface area contributed by atoms with E-state index in [-0.39, 0.29) is 5.54 Å². The number of thioether (sulfide) groups is 1. The number of hydrogen-bond donors (Lipinski definition) is 0. The predicted octanol–water partition coefficient (Wildman–Crippen LogP) is 1.60. The molecule has 0 aromatic rings. The number of hydrogen-bond acceptors (Lipinski definition) is 4. The highest BCUT2D eigenvalue weighted by Gasteiger charge is 2.40. The van der Waals surface area contributed by atoms with E-state index >= 15 is 0 Å². The SMILES string of the molecule is CSC(=NC#N)N(C)CC1(N(C)C)CCC1. The third-order valence-electron chi connectivity index (χ3n) is 3.42. The molecule has 0 heterocycles. The van der Waals surface area contributed by atoms with Crippen LogP contribution in [0.1, 0.15) is 19.3 Å². The zero-order valence-corrected chi connectivity index (χ0v) is 11.3. The molecule has 1 fully saturated rings. The van der Waals surface area contributed by atoms with Crippen molar-refractivity contribution in [3.8, 4) is 6.19 Å². The van der Waals surface area contributed by atoms with Crippen LogP contribution in [0.2, 0.25) is 0 Å². The average Bonchev–Trinajstić information content (AvgIpc) is 2.18. The summed E-state index contributed by atoms with van der Waals surface area (Å²) in [5, 5.41) is 9.41. The molecular formula is C11H20N4S. The Morgan fingerprint density at radius 2 is 2.06 bits per heavy atom. The van der Waals surface area contributed by atoms with E-state index in [4.69, 9.17) is 5.26 Å². The lowest BCUT2D eigenvalue weighted by atomic mass is 9.75. The Balaban J connectivity index is 2.66. The van der Waals surface area contributed by atoms with E-state index in [2.05, 4.69) is 28.9 Å². The second-order valence-corrected chi connectivity index (χ2v) is 5.30. The van der Waals surface area contributed by atoms with Crippen molar-refractivity contribution in [1.82, 2.24) is 9.80 Å². The number of rotatable bonds is 3. The van der Waals surface area contributed by atoms with E-state index in [0.29, 0.717) is 0 Å². The highest BCUT2D eigenvalue weighted by molar-refractivity contribution is 8.13. The van der Waals surface area contributed by atoms with Gasteiger partial charge in [0.1, 0.15) is 0 Å². The first-order chi connectivity index (χ1) is 7.55. The van der Waals surface area contributed by atoms with E-state index in [1.54, 1.807) is 0 Å². The summed E-state index contributed by atoms with van der Waals surface area (Å²) in [4.78, 5) is 8.23. The first-order valence-electron chi connectivity index (χ1n) is 5.45. The molecule has 1 aliphatic carbocycles. The third-order valence-corrected chi connectivity index (χ3v) is 4.19. The van der Waals surface area contributed by atoms with Crippen LogP contribution in [0, 0.1) is 11.5 Å². The highest BCUT2D eigenvalue weighted by atomic mass is 32.2. The molecule has 0 spiro atoms. The Morgan fingerprint density at radius 1 is 1.44 bits per heavy atom. The third kappa shape index (κ3) is 2.69. The smallest absolute Gasteiger partial charge is 0.208 e. The van der Waals surface area contributed by atoms with Crippen LogP contribution in [-0.2, 0) is 0 Å². The summed E-state index contributed by atoms with van der Waals surface area (Å²) in [7, 11) is 6.27. The summed E-state index contributed by atoms with van der Waals surface area (Å²) in [5.41, 5.74) is 0.278. The van der Waals surface area contributed by atoms with Gasteiger partial charge in [-0.25, -0.2) is 0 Å². The van der Waals surface area contributed by atoms with E-state index < -0.39 is 0 Å². The molecule has 0 atom stereocenters. The molecule has 0 aromatic carbocycles. The van der Waals surface area contributed by atoms with Gasteiger partial charge >= 0.3 is 0 Å². The van der Waals surface area contributed by atoms with Crippen LogP contribution in [0.5, 0.6) is 0 Å². The fraction of sp³-hybridized carbons (Fsp3) is 0.818. The van der Waals surface area contributed by atoms with Crippen LogP contribution in [0.15, 0.2) is 4.99 Å². The first-order valence-corrected chi connectivity index (χ1v) is 6.67. The van der Waals surface area contributed by atoms with Crippen molar-refractivity contribution in [2.24, 2.45) is 4.99 Å². The molecule has 1 saturated carbocycles. The van der Waals surface area contributed by atoms with E-state index in [1.165, 1.54) is 31.0 Å². The van der Waals surface area contributed by atoms with Crippen molar-refractivity contribution >= 4 is 16.9 Å². The Bertz CT molecular complexity index is 302. The summed E-state index contributed by atoms with van der Waals surface area (Å²) >= 11 is 1.52. The monoisotopic (exact) mass is 240 g/mol. The molecule has 1 rings (SSSR count). The molecule has 90 valence electrons. The number of nitrogens with zero attached hydrogens (tertiary/aromatic N) is 4. The molecule has 5 heteroatoms. The van der Waals surface area contributed by atoms with Gasteiger partial charge in [-0.1, -0.05) is 11.8 Å². The van der Waals surface area contributed by atoms with Crippen molar-refractivity contribution in [2.75, 3.05) is 33.9 Å². The van der Waals surface area contributed by atoms with Crippen molar-refractivity contribution < 1.29 is 0 Å². The molecular weight excluding hydrogens is 220 g/mol. The first kappa shape index (κ1) is 13.3. The normalized spacial score (nSPS) is 19.1. The fourth-order valence-corrected chi connectivity index (χ4v) is 2.68. The lowest BCUT2D eigenvalue weighted by Crippen LogP contribution is -2.57. The standard InChI is InChI=1S/C11H20N4S/c1-14(2)11(6-5-7-11)8-15(3)10(16-4)13-9-12/h5-8H2,1-4H3. The Labute approximate surface area is 102 Å². The minimum atomic E-state index is 0.278. The quantitative estimate of drug-likeness (QED) is 0.427. The van der Waals surface area contributed by atoms with Gasteiger partial charge in [0.2, 0.25) is 6.19 Å². The van der Waals surface area contributed by atoms with Crippen LogP contribution >= 0.6 is 11.8 Å². The fourth-order valence-electron chi connectivity index (χ4n) is 2.17. The van der Waals surface area contributed by atoms with Crippen LogP contribution in [0.25, 0.3) is 0 Å². The number of likely N-dealkylation sites (N-methyl/N-ethyl adjacent to an activating group) is 2. The van der Waals surface area contributed by atoms with Crippen LogP contribution in [-0.4, -0.2) is 54.4 Å². The van der Waals surface area contributed by atoms with Crippen molar-refractivity contribution in [3.05, 3.63) is 0 Å². The van der Waals surface area contributed by atoms with Gasteiger partial charge in [-0.3, -0.25) is 0 Å². The molecule has 1 aliphatic rings. The Morgan fingerprint density at radius 3 is 2.38 bits per heavy atom. The Kier molecular flexibility index (Phi) is 4.63. The maximum Gasteiger partial charge on any atom is 0.208 e. The van der Waals surface area contributed by atoms with E-state index in [9.17, 15) is 0 Å². The maximum atomic E-state index is 8.61. The summed E-state index contributed by atoms with van der Waals surface area (Å²) in [6.07, 6.45) is 7.59. The molecule has 0 saturated heterocycles. The predicted molar refractivity (Wildman–Crippen MR) is 69.5 cm³/mol. The molecule has 0 aromatic heterocycles. The van der Waals surface area contributed by atoms with E-state index in [1.807, 2.05) is 19.5 Å². The van der Waals surface area contributed by atoms with Crippen molar-refractivity contribution in [2.45, 2.75) is 24.8 Å². The minimum absolute atomic E-state index is 0.278. The molecule has 16 heavy (non-hydrogen) atoms. The minimum Gasteiger partial charge on any atom is -0.352 e. The number of aliphatic imine (C=N–C) groups is 1. The molecule has 0 amide bonds. The molecule has 0 unspecified atom stereocenters. The van der Waals surface area contributed by atoms with Gasteiger partial charge in [-0.05, 0) is 39.6 Å². The van der Waals surface area contributed by atoms with Gasteiger partial charge in [0, 0.05) is 19.1 Å². The van der Waals surface area contributed by atoms with Gasteiger partial charge < -0.3 is 9.80 Å². The summed E-state index contributed by atoms with van der Waals surface area (Å²) in [6, 6.07) is 0. The number of nitriles is 1. The van der Waals surface area contributed by atoms with Gasteiger partial charge in [0.25, 0.3) is 0 Å². The van der Waals surface area contributed by atoms with Crippen LogP contribution < -0.4 is 0 Å². The van der Waals surface area contributed by atoms with E-state index in [0.717, 1.165) is 11.7 Å². The summed E-state index contributed by atoms with van der Waals surface area (Å²) < 4.78 is 0. The maximum absolute atomic E-state index is 8.61. The van der Waals surface area contributed by atoms with Crippen LogP contribution in [0.4, 0.5) is 0 Å². The van der Waals surface area contributed by atoms with Crippen molar-refractivity contribution in [3.63, 3.8) is 0 Å². The zero-order valence-electron chi connectivity index (χ0n) is 10.5. The highest BCUT2D eigenvalue weighted by Crippen LogP contribution is 2.36. The molecule has 0 bridgehead atoms. The van der Waals surface area contributed by atoms with Crippen LogP contribution in [0.3, 0.4) is 0 Å². The number of amidine groups is 1. The lowest BCUT2D eigenvalue weighted by Gasteiger charge is -2.49. The largest absolute Gasteiger partial charge is 0.352 e. The summed E-state index contributed by atoms with van der Waals surface area (Å²) in [5.74, 6) is 0. The molecule has 0 aliphatic heterocycles. The second kappa shape index (κ2) is 5.55. The van der Waals surface area contributed by atoms with Gasteiger partial charge in [-0.2, -0.15) is 5.26 Å². The molecule has 0 radical (unpaired) electrons. The second-order valence-electron chi connectivity index (χ2n) is 4.53. The van der Waals surface area contributed by atoms with Gasteiger partial charge in [-0.15, -0.1) is 4.99 Å². The van der Waals surface area contributed by atoms with Gasteiger partial charge in [0.15, 0.2) is 5.17 Å². The zero-order chi connectivity index (χ0) is 12.2. The molecule has 0 N–H and O–H groups in total. The van der Waals surface area contributed by atoms with Gasteiger partial charge in [0.05, 0.1) is 0 Å². The van der Waals surface area contributed by atoms with Crippen molar-refractivity contribution in [1.29, 1.82) is 5.26 Å². The summed E-state index contributed by atoms with van der Waals surface area (Å²) in [6.45, 7) is 0.946. The topological polar surface area (TPSA) is 42.6 Å².